The molecule has 3 N–H and O–H groups in total. The number of nitrogens with one attached hydrogen (secondary N) is 1. The van der Waals surface area contributed by atoms with Gasteiger partial charge in [-0.2, -0.15) is 0 Å². The van der Waals surface area contributed by atoms with E-state index in [1.165, 1.54) is 37.3 Å². The highest BCUT2D eigenvalue weighted by atomic mass is 32.2. The van der Waals surface area contributed by atoms with Gasteiger partial charge in [0.2, 0.25) is 10.0 Å². The quantitative estimate of drug-likeness (QED) is 0.681. The summed E-state index contributed by atoms with van der Waals surface area (Å²) in [4.78, 5) is 11.5. The molecule has 0 amide bonds. The van der Waals surface area contributed by atoms with Crippen LogP contribution in [0.5, 0.6) is 11.5 Å². The molecule has 2 aromatic carbocycles. The van der Waals surface area contributed by atoms with Crippen molar-refractivity contribution >= 4 is 15.8 Å². The molecule has 7 heteroatoms. The number of aromatic hydroxyl groups is 2. The molecule has 2 aromatic rings. The molecule has 0 saturated heterocycles. The van der Waals surface area contributed by atoms with Gasteiger partial charge in [-0.25, -0.2) is 13.1 Å². The van der Waals surface area contributed by atoms with Crippen molar-refractivity contribution in [3.05, 3.63) is 53.6 Å². The molecule has 0 heterocycles. The van der Waals surface area contributed by atoms with Gasteiger partial charge in [0.15, 0.2) is 5.78 Å². The summed E-state index contributed by atoms with van der Waals surface area (Å²) in [6, 6.07) is 10.3. The SMILES string of the molecule is CC(=O)c1ccc(S(=O)(=O)N[C@H]2CC[C@@H](c3ccc(O)cc3O)CC2)cc1. The van der Waals surface area contributed by atoms with Crippen LogP contribution in [0, 0.1) is 0 Å². The van der Waals surface area contributed by atoms with E-state index in [1.807, 2.05) is 0 Å². The number of rotatable bonds is 5. The van der Waals surface area contributed by atoms with Crippen molar-refractivity contribution in [1.29, 1.82) is 0 Å². The maximum atomic E-state index is 12.6. The maximum Gasteiger partial charge on any atom is 0.240 e. The van der Waals surface area contributed by atoms with Gasteiger partial charge < -0.3 is 10.2 Å². The van der Waals surface area contributed by atoms with Crippen molar-refractivity contribution < 1.29 is 23.4 Å². The highest BCUT2D eigenvalue weighted by Gasteiger charge is 2.27. The lowest BCUT2D eigenvalue weighted by Crippen LogP contribution is -2.37. The van der Waals surface area contributed by atoms with Crippen molar-refractivity contribution in [1.82, 2.24) is 4.72 Å². The van der Waals surface area contributed by atoms with E-state index in [2.05, 4.69) is 4.72 Å². The zero-order valence-corrected chi connectivity index (χ0v) is 15.9. The summed E-state index contributed by atoms with van der Waals surface area (Å²) < 4.78 is 27.9. The number of benzene rings is 2. The van der Waals surface area contributed by atoms with E-state index in [-0.39, 0.29) is 34.1 Å². The van der Waals surface area contributed by atoms with Gasteiger partial charge in [-0.15, -0.1) is 0 Å². The molecule has 1 aliphatic rings. The zero-order valence-electron chi connectivity index (χ0n) is 15.1. The van der Waals surface area contributed by atoms with Crippen LogP contribution in [0.1, 0.15) is 54.4 Å². The number of carbonyl (C=O) groups is 1. The first-order valence-corrected chi connectivity index (χ1v) is 10.4. The van der Waals surface area contributed by atoms with Crippen molar-refractivity contribution in [3.63, 3.8) is 0 Å². The van der Waals surface area contributed by atoms with Crippen molar-refractivity contribution in [3.8, 4) is 11.5 Å². The molecule has 6 nitrogen and oxygen atoms in total. The first-order chi connectivity index (χ1) is 12.8. The van der Waals surface area contributed by atoms with Crippen LogP contribution in [0.3, 0.4) is 0 Å². The van der Waals surface area contributed by atoms with E-state index in [4.69, 9.17) is 0 Å². The van der Waals surface area contributed by atoms with Crippen molar-refractivity contribution in [2.75, 3.05) is 0 Å². The first kappa shape index (κ1) is 19.4. The predicted octanol–water partition coefficient (Wildman–Crippen LogP) is 3.31. The first-order valence-electron chi connectivity index (χ1n) is 8.91. The second-order valence-electron chi connectivity index (χ2n) is 6.99. The molecule has 0 atom stereocenters. The number of phenolic OH excluding ortho intramolecular Hbond substituents is 2. The summed E-state index contributed by atoms with van der Waals surface area (Å²) in [6.07, 6.45) is 2.81. The minimum atomic E-state index is -3.64. The fourth-order valence-corrected chi connectivity index (χ4v) is 4.86. The molecule has 1 saturated carbocycles. The van der Waals surface area contributed by atoms with Crippen LogP contribution in [-0.4, -0.2) is 30.5 Å². The average molecular weight is 389 g/mol. The maximum absolute atomic E-state index is 12.6. The molecule has 0 spiro atoms. The minimum Gasteiger partial charge on any atom is -0.508 e. The van der Waals surface area contributed by atoms with E-state index >= 15 is 0 Å². The number of carbonyl (C=O) groups excluding carboxylic acids is 1. The zero-order chi connectivity index (χ0) is 19.6. The third-order valence-corrected chi connectivity index (χ3v) is 6.61. The second-order valence-corrected chi connectivity index (χ2v) is 8.71. The third-order valence-electron chi connectivity index (χ3n) is 5.07. The Kier molecular flexibility index (Phi) is 5.53. The molecule has 1 fully saturated rings. The highest BCUT2D eigenvalue weighted by molar-refractivity contribution is 7.89. The van der Waals surface area contributed by atoms with Gasteiger partial charge in [0, 0.05) is 17.7 Å². The summed E-state index contributed by atoms with van der Waals surface area (Å²) in [7, 11) is -3.64. The summed E-state index contributed by atoms with van der Waals surface area (Å²) in [5, 5.41) is 19.4. The van der Waals surface area contributed by atoms with Crippen LogP contribution in [0.2, 0.25) is 0 Å². The molecule has 0 unspecified atom stereocenters. The van der Waals surface area contributed by atoms with Gasteiger partial charge in [0.25, 0.3) is 0 Å². The molecular weight excluding hydrogens is 366 g/mol. The molecule has 27 heavy (non-hydrogen) atoms. The Labute approximate surface area is 158 Å². The van der Waals surface area contributed by atoms with Gasteiger partial charge >= 0.3 is 0 Å². The summed E-state index contributed by atoms with van der Waals surface area (Å²) >= 11 is 0. The Morgan fingerprint density at radius 2 is 1.63 bits per heavy atom. The van der Waals surface area contributed by atoms with E-state index in [9.17, 15) is 23.4 Å². The Hall–Kier alpha value is -2.38. The molecule has 0 aromatic heterocycles. The van der Waals surface area contributed by atoms with E-state index in [1.54, 1.807) is 12.1 Å². The number of phenols is 2. The smallest absolute Gasteiger partial charge is 0.240 e. The fraction of sp³-hybridized carbons (Fsp3) is 0.350. The molecule has 1 aliphatic carbocycles. The van der Waals surface area contributed by atoms with Crippen LogP contribution < -0.4 is 4.72 Å². The number of ketones is 1. The second kappa shape index (κ2) is 7.70. The molecular formula is C20H23NO5S. The highest BCUT2D eigenvalue weighted by Crippen LogP contribution is 2.38. The van der Waals surface area contributed by atoms with Crippen molar-refractivity contribution in [2.24, 2.45) is 0 Å². The van der Waals surface area contributed by atoms with Gasteiger partial charge in [0.1, 0.15) is 11.5 Å². The molecule has 0 radical (unpaired) electrons. The van der Waals surface area contributed by atoms with Crippen LogP contribution in [-0.2, 0) is 10.0 Å². The minimum absolute atomic E-state index is 0.0217. The van der Waals surface area contributed by atoms with Crippen LogP contribution in [0.15, 0.2) is 47.4 Å². The molecule has 3 rings (SSSR count). The van der Waals surface area contributed by atoms with Gasteiger partial charge in [-0.1, -0.05) is 18.2 Å². The van der Waals surface area contributed by atoms with Crippen molar-refractivity contribution in [2.45, 2.75) is 49.5 Å². The van der Waals surface area contributed by atoms with Gasteiger partial charge in [-0.05, 0) is 62.3 Å². The third kappa shape index (κ3) is 4.48. The van der Waals surface area contributed by atoms with E-state index in [0.717, 1.165) is 18.4 Å². The Morgan fingerprint density at radius 1 is 1.00 bits per heavy atom. The lowest BCUT2D eigenvalue weighted by molar-refractivity contribution is 0.101. The summed E-state index contributed by atoms with van der Waals surface area (Å²) in [5.74, 6) is 0.127. The standard InChI is InChI=1S/C20H23NO5S/c1-13(22)14-4-9-18(10-5-14)27(25,26)21-16-6-2-15(3-7-16)19-11-8-17(23)12-20(19)24/h4-5,8-12,15-16,21,23-24H,2-3,6-7H2,1H3/t15-,16+. The number of hydrogen-bond acceptors (Lipinski definition) is 5. The number of hydrogen-bond donors (Lipinski definition) is 3. The summed E-state index contributed by atoms with van der Waals surface area (Å²) in [5.41, 5.74) is 1.26. The van der Waals surface area contributed by atoms with E-state index in [0.29, 0.717) is 18.4 Å². The Bertz CT molecular complexity index is 929. The average Bonchev–Trinajstić information content (AvgIpc) is 2.62. The van der Waals surface area contributed by atoms with Gasteiger partial charge in [-0.3, -0.25) is 4.79 Å². The van der Waals surface area contributed by atoms with E-state index < -0.39 is 10.0 Å². The Balaban J connectivity index is 1.63. The topological polar surface area (TPSA) is 104 Å². The van der Waals surface area contributed by atoms with Crippen LogP contribution in [0.4, 0.5) is 0 Å². The number of sulfonamides is 1. The van der Waals surface area contributed by atoms with Crippen LogP contribution in [0.25, 0.3) is 0 Å². The van der Waals surface area contributed by atoms with Gasteiger partial charge in [0.05, 0.1) is 4.90 Å². The number of Topliss-reactive ketones (excluding diaryl/α,β-unsaturated/α-hetero) is 1. The predicted molar refractivity (Wildman–Crippen MR) is 102 cm³/mol. The monoisotopic (exact) mass is 389 g/mol. The Morgan fingerprint density at radius 3 is 2.19 bits per heavy atom. The molecule has 0 aliphatic heterocycles. The lowest BCUT2D eigenvalue weighted by atomic mass is 9.81. The fourth-order valence-electron chi connectivity index (χ4n) is 3.56. The molecule has 0 bridgehead atoms. The lowest BCUT2D eigenvalue weighted by Gasteiger charge is -2.29. The normalized spacial score (nSPS) is 20.3. The van der Waals surface area contributed by atoms with Crippen LogP contribution >= 0.6 is 0 Å². The molecule has 144 valence electrons. The largest absolute Gasteiger partial charge is 0.508 e. The summed E-state index contributed by atoms with van der Waals surface area (Å²) in [6.45, 7) is 1.44.